The molecule has 16 heavy (non-hydrogen) atoms. The fourth-order valence-corrected chi connectivity index (χ4v) is 1.41. The summed E-state index contributed by atoms with van der Waals surface area (Å²) < 4.78 is 1.49. The molecule has 0 amide bonds. The first-order chi connectivity index (χ1) is 7.83. The summed E-state index contributed by atoms with van der Waals surface area (Å²) in [6.45, 7) is 0.145. The van der Waals surface area contributed by atoms with Crippen LogP contribution >= 0.6 is 0 Å². The van der Waals surface area contributed by atoms with Gasteiger partial charge in [0, 0.05) is 24.6 Å². The van der Waals surface area contributed by atoms with E-state index in [9.17, 15) is 0 Å². The van der Waals surface area contributed by atoms with Gasteiger partial charge in [0.1, 0.15) is 5.82 Å². The van der Waals surface area contributed by atoms with E-state index in [0.29, 0.717) is 24.6 Å². The van der Waals surface area contributed by atoms with Crippen molar-refractivity contribution in [3.8, 4) is 5.95 Å². The molecule has 0 aliphatic rings. The van der Waals surface area contributed by atoms with E-state index in [-0.39, 0.29) is 6.61 Å². The van der Waals surface area contributed by atoms with Crippen LogP contribution in [0.25, 0.3) is 5.95 Å². The zero-order valence-corrected chi connectivity index (χ0v) is 8.74. The number of aromatic nitrogens is 4. The molecule has 2 heterocycles. The molecule has 0 saturated carbocycles. The van der Waals surface area contributed by atoms with Gasteiger partial charge in [-0.25, -0.2) is 9.97 Å². The Morgan fingerprint density at radius 3 is 2.75 bits per heavy atom. The van der Waals surface area contributed by atoms with E-state index in [0.717, 1.165) is 5.56 Å². The van der Waals surface area contributed by atoms with Gasteiger partial charge < -0.3 is 10.8 Å². The number of aliphatic hydroxyl groups excluding tert-OH is 1. The maximum absolute atomic E-state index is 8.75. The average molecular weight is 219 g/mol. The molecule has 0 aliphatic heterocycles. The molecule has 2 aromatic rings. The molecule has 0 radical (unpaired) electrons. The summed E-state index contributed by atoms with van der Waals surface area (Å²) in [6.07, 6.45) is 6.33. The zero-order chi connectivity index (χ0) is 11.4. The second kappa shape index (κ2) is 4.71. The van der Waals surface area contributed by atoms with E-state index in [1.807, 2.05) is 0 Å². The van der Waals surface area contributed by atoms with E-state index < -0.39 is 0 Å². The van der Waals surface area contributed by atoms with Crippen molar-refractivity contribution in [2.24, 2.45) is 0 Å². The summed E-state index contributed by atoms with van der Waals surface area (Å²) in [5, 5.41) is 12.9. The highest BCUT2D eigenvalue weighted by molar-refractivity contribution is 5.42. The first-order valence-corrected chi connectivity index (χ1v) is 5.03. The summed E-state index contributed by atoms with van der Waals surface area (Å²) in [5.41, 5.74) is 6.82. The van der Waals surface area contributed by atoms with Crippen LogP contribution in [0.4, 0.5) is 5.82 Å². The maximum atomic E-state index is 8.75. The van der Waals surface area contributed by atoms with Crippen molar-refractivity contribution in [2.75, 3.05) is 12.3 Å². The van der Waals surface area contributed by atoms with Crippen LogP contribution in [0.1, 0.15) is 12.0 Å². The minimum Gasteiger partial charge on any atom is -0.396 e. The molecular weight excluding hydrogens is 206 g/mol. The minimum absolute atomic E-state index is 0.145. The van der Waals surface area contributed by atoms with Crippen molar-refractivity contribution in [2.45, 2.75) is 12.8 Å². The van der Waals surface area contributed by atoms with Crippen molar-refractivity contribution in [3.05, 3.63) is 30.2 Å². The van der Waals surface area contributed by atoms with Gasteiger partial charge in [0.2, 0.25) is 0 Å². The maximum Gasteiger partial charge on any atom is 0.252 e. The number of hydrogen-bond donors (Lipinski definition) is 2. The number of nitrogen functional groups attached to an aromatic ring is 1. The van der Waals surface area contributed by atoms with Gasteiger partial charge in [0.25, 0.3) is 5.95 Å². The third-order valence-electron chi connectivity index (χ3n) is 2.23. The van der Waals surface area contributed by atoms with Crippen molar-refractivity contribution in [1.82, 2.24) is 19.7 Å². The van der Waals surface area contributed by atoms with Crippen LogP contribution in [0.3, 0.4) is 0 Å². The van der Waals surface area contributed by atoms with Crippen molar-refractivity contribution in [3.63, 3.8) is 0 Å². The Labute approximate surface area is 92.8 Å². The molecular formula is C10H13N5O. The van der Waals surface area contributed by atoms with Crippen molar-refractivity contribution in [1.29, 1.82) is 0 Å². The second-order valence-electron chi connectivity index (χ2n) is 3.34. The predicted molar refractivity (Wildman–Crippen MR) is 59.0 cm³/mol. The van der Waals surface area contributed by atoms with E-state index in [2.05, 4.69) is 15.1 Å². The van der Waals surface area contributed by atoms with E-state index >= 15 is 0 Å². The lowest BCUT2D eigenvalue weighted by Gasteiger charge is -2.02. The zero-order valence-electron chi connectivity index (χ0n) is 8.74. The lowest BCUT2D eigenvalue weighted by Crippen LogP contribution is -2.06. The molecule has 6 heteroatoms. The predicted octanol–water partition coefficient (Wildman–Crippen LogP) is 0.169. The molecule has 0 aliphatic carbocycles. The van der Waals surface area contributed by atoms with Crippen LogP contribution in [0.2, 0.25) is 0 Å². The molecule has 0 bridgehead atoms. The SMILES string of the molecule is Nc1c(CCCO)cnn1-c1ncccn1. The summed E-state index contributed by atoms with van der Waals surface area (Å²) >= 11 is 0. The Bertz CT molecular complexity index is 453. The Hall–Kier alpha value is -1.95. The number of aryl methyl sites for hydroxylation is 1. The topological polar surface area (TPSA) is 89.8 Å². The molecule has 6 nitrogen and oxygen atoms in total. The number of nitrogens with zero attached hydrogens (tertiary/aromatic N) is 4. The molecule has 2 rings (SSSR count). The van der Waals surface area contributed by atoms with Gasteiger partial charge in [0.15, 0.2) is 0 Å². The summed E-state index contributed by atoms with van der Waals surface area (Å²) in [6, 6.07) is 1.73. The number of hydrogen-bond acceptors (Lipinski definition) is 5. The fourth-order valence-electron chi connectivity index (χ4n) is 1.41. The normalized spacial score (nSPS) is 10.6. The highest BCUT2D eigenvalue weighted by atomic mass is 16.2. The molecule has 2 aromatic heterocycles. The molecule has 0 fully saturated rings. The molecule has 0 unspecified atom stereocenters. The van der Waals surface area contributed by atoms with Gasteiger partial charge in [0.05, 0.1) is 6.20 Å². The van der Waals surface area contributed by atoms with Gasteiger partial charge in [-0.05, 0) is 18.9 Å². The Balaban J connectivity index is 2.27. The molecule has 0 saturated heterocycles. The van der Waals surface area contributed by atoms with Gasteiger partial charge in [-0.15, -0.1) is 0 Å². The van der Waals surface area contributed by atoms with E-state index in [1.54, 1.807) is 24.7 Å². The van der Waals surface area contributed by atoms with Crippen LogP contribution in [-0.4, -0.2) is 31.5 Å². The van der Waals surface area contributed by atoms with E-state index in [1.165, 1.54) is 4.68 Å². The number of nitrogens with two attached hydrogens (primary N) is 1. The molecule has 0 atom stereocenters. The minimum atomic E-state index is 0.145. The number of rotatable bonds is 4. The molecule has 84 valence electrons. The van der Waals surface area contributed by atoms with Crippen LogP contribution in [0.15, 0.2) is 24.7 Å². The summed E-state index contributed by atoms with van der Waals surface area (Å²) in [5.74, 6) is 0.981. The third kappa shape index (κ3) is 2.01. The first-order valence-electron chi connectivity index (χ1n) is 5.03. The average Bonchev–Trinajstić information content (AvgIpc) is 2.69. The standard InChI is InChI=1S/C10H13N5O/c11-9-8(3-1-6-16)7-14-15(9)10-12-4-2-5-13-10/h2,4-5,7,16H,1,3,6,11H2. The summed E-state index contributed by atoms with van der Waals surface area (Å²) in [7, 11) is 0. The Morgan fingerprint density at radius 1 is 1.31 bits per heavy atom. The van der Waals surface area contributed by atoms with E-state index in [4.69, 9.17) is 10.8 Å². The third-order valence-corrected chi connectivity index (χ3v) is 2.23. The van der Waals surface area contributed by atoms with Gasteiger partial charge in [-0.3, -0.25) is 0 Å². The van der Waals surface area contributed by atoms with Gasteiger partial charge in [-0.1, -0.05) is 0 Å². The molecule has 0 aromatic carbocycles. The van der Waals surface area contributed by atoms with Crippen molar-refractivity contribution < 1.29 is 5.11 Å². The summed E-state index contributed by atoms with van der Waals surface area (Å²) in [4.78, 5) is 8.13. The Kier molecular flexibility index (Phi) is 3.11. The first kappa shape index (κ1) is 10.6. The van der Waals surface area contributed by atoms with Crippen molar-refractivity contribution >= 4 is 5.82 Å². The highest BCUT2D eigenvalue weighted by Gasteiger charge is 2.09. The monoisotopic (exact) mass is 219 g/mol. The largest absolute Gasteiger partial charge is 0.396 e. The van der Waals surface area contributed by atoms with Gasteiger partial charge in [-0.2, -0.15) is 9.78 Å². The quantitative estimate of drug-likeness (QED) is 0.765. The molecule has 0 spiro atoms. The number of anilines is 1. The molecule has 3 N–H and O–H groups in total. The van der Waals surface area contributed by atoms with Crippen LogP contribution < -0.4 is 5.73 Å². The smallest absolute Gasteiger partial charge is 0.252 e. The van der Waals surface area contributed by atoms with Crippen LogP contribution in [0, 0.1) is 0 Å². The van der Waals surface area contributed by atoms with Crippen LogP contribution in [0.5, 0.6) is 0 Å². The lowest BCUT2D eigenvalue weighted by molar-refractivity contribution is 0.288. The highest BCUT2D eigenvalue weighted by Crippen LogP contribution is 2.15. The van der Waals surface area contributed by atoms with Gasteiger partial charge >= 0.3 is 0 Å². The fraction of sp³-hybridized carbons (Fsp3) is 0.300. The van der Waals surface area contributed by atoms with Crippen LogP contribution in [-0.2, 0) is 6.42 Å². The second-order valence-corrected chi connectivity index (χ2v) is 3.34. The Morgan fingerprint density at radius 2 is 2.06 bits per heavy atom. The lowest BCUT2D eigenvalue weighted by atomic mass is 10.2. The number of aliphatic hydroxyl groups is 1.